The summed E-state index contributed by atoms with van der Waals surface area (Å²) in [5.41, 5.74) is 4.21. The van der Waals surface area contributed by atoms with Gasteiger partial charge in [0.05, 0.1) is 0 Å². The Morgan fingerprint density at radius 3 is 2.41 bits per heavy atom. The maximum atomic E-state index is 12.8. The van der Waals surface area contributed by atoms with Gasteiger partial charge in [-0.05, 0) is 43.5 Å². The summed E-state index contributed by atoms with van der Waals surface area (Å²) < 4.78 is 0. The third-order valence-corrected chi connectivity index (χ3v) is 5.32. The van der Waals surface area contributed by atoms with Gasteiger partial charge in [0.2, 0.25) is 11.8 Å². The second-order valence-electron chi connectivity index (χ2n) is 7.02. The van der Waals surface area contributed by atoms with Gasteiger partial charge in [0.25, 0.3) is 6.47 Å². The Labute approximate surface area is 175 Å². The molecule has 0 aliphatic carbocycles. The number of aryl methyl sites for hydroxylation is 2. The van der Waals surface area contributed by atoms with E-state index in [0.717, 1.165) is 22.3 Å². The molecule has 0 spiro atoms. The highest BCUT2D eigenvalue weighted by molar-refractivity contribution is 6.31. The molecule has 0 aromatic heterocycles. The lowest BCUT2D eigenvalue weighted by molar-refractivity contribution is -0.156. The van der Waals surface area contributed by atoms with Crippen LogP contribution in [0.25, 0.3) is 0 Å². The Hall–Kier alpha value is -2.86. The van der Waals surface area contributed by atoms with Crippen molar-refractivity contribution in [1.82, 2.24) is 9.80 Å². The first-order valence-electron chi connectivity index (χ1n) is 9.24. The number of hydrogen-bond acceptors (Lipinski definition) is 3. The number of rotatable bonds is 4. The summed E-state index contributed by atoms with van der Waals surface area (Å²) in [6.07, 6.45) is 0. The second-order valence-corrected chi connectivity index (χ2v) is 7.43. The number of hydrogen-bond donors (Lipinski definition) is 1. The molecule has 2 aromatic carbocycles. The molecule has 1 aliphatic rings. The van der Waals surface area contributed by atoms with Crippen molar-refractivity contribution in [1.29, 1.82) is 0 Å². The van der Waals surface area contributed by atoms with Crippen LogP contribution in [0.1, 0.15) is 29.2 Å². The minimum absolute atomic E-state index is 0.0370. The van der Waals surface area contributed by atoms with E-state index in [0.29, 0.717) is 18.1 Å². The van der Waals surface area contributed by atoms with E-state index in [1.165, 1.54) is 0 Å². The fourth-order valence-electron chi connectivity index (χ4n) is 3.29. The quantitative estimate of drug-likeness (QED) is 0.774. The van der Waals surface area contributed by atoms with Gasteiger partial charge in [0.15, 0.2) is 0 Å². The predicted octanol–water partition coefficient (Wildman–Crippen LogP) is 3.42. The first-order valence-corrected chi connectivity index (χ1v) is 9.62. The molecule has 0 bridgehead atoms. The summed E-state index contributed by atoms with van der Waals surface area (Å²) in [6, 6.07) is 13.1. The van der Waals surface area contributed by atoms with Gasteiger partial charge in [-0.3, -0.25) is 14.4 Å². The summed E-state index contributed by atoms with van der Waals surface area (Å²) in [5.74, 6) is -0.0834. The molecule has 0 unspecified atom stereocenters. The van der Waals surface area contributed by atoms with Crippen molar-refractivity contribution in [2.75, 3.05) is 6.54 Å². The summed E-state index contributed by atoms with van der Waals surface area (Å²) >= 11 is 6.20. The monoisotopic (exact) mass is 416 g/mol. The number of nitrogens with zero attached hydrogens (tertiary/aromatic N) is 2. The number of halogens is 1. The Balaban J connectivity index is 0.000000941. The molecule has 2 aromatic rings. The van der Waals surface area contributed by atoms with Crippen molar-refractivity contribution < 1.29 is 19.5 Å². The molecule has 1 N–H and O–H groups in total. The molecule has 1 heterocycles. The molecule has 29 heavy (non-hydrogen) atoms. The normalized spacial score (nSPS) is 16.3. The van der Waals surface area contributed by atoms with Crippen molar-refractivity contribution in [3.05, 3.63) is 69.7 Å². The van der Waals surface area contributed by atoms with Crippen LogP contribution in [0.5, 0.6) is 0 Å². The fourth-order valence-corrected chi connectivity index (χ4v) is 3.49. The standard InChI is InChI=1S/C21H23ClN2O2.CH2O2/c1-14-8-9-15(2)18(10-14)12-24-16(3)21(26)23(13-20(24)25)11-17-6-4-5-7-19(17)22;2-1-3/h4-10,16H,11-13H2,1-3H3;1H,(H,2,3)/t16-;/m0./s1. The van der Waals surface area contributed by atoms with Gasteiger partial charge in [-0.2, -0.15) is 0 Å². The summed E-state index contributed by atoms with van der Waals surface area (Å²) in [7, 11) is 0. The molecule has 0 saturated carbocycles. The first-order chi connectivity index (χ1) is 13.8. The largest absolute Gasteiger partial charge is 0.483 e. The molecule has 1 fully saturated rings. The van der Waals surface area contributed by atoms with Crippen molar-refractivity contribution in [2.45, 2.75) is 39.9 Å². The lowest BCUT2D eigenvalue weighted by atomic mass is 10.0. The topological polar surface area (TPSA) is 77.9 Å². The van der Waals surface area contributed by atoms with Gasteiger partial charge in [-0.25, -0.2) is 0 Å². The van der Waals surface area contributed by atoms with Crippen LogP contribution in [0.2, 0.25) is 5.02 Å². The SMILES string of the molecule is Cc1ccc(C)c(CN2C(=O)CN(Cc3ccccc3Cl)C(=O)[C@@H]2C)c1.O=CO. The lowest BCUT2D eigenvalue weighted by Gasteiger charge is -2.39. The van der Waals surface area contributed by atoms with Crippen LogP contribution in [0, 0.1) is 13.8 Å². The molecule has 1 aliphatic heterocycles. The maximum absolute atomic E-state index is 12.8. The molecule has 2 amide bonds. The highest BCUT2D eigenvalue weighted by atomic mass is 35.5. The first kappa shape index (κ1) is 22.4. The fraction of sp³-hybridized carbons (Fsp3) is 0.318. The van der Waals surface area contributed by atoms with Crippen LogP contribution in [0.3, 0.4) is 0 Å². The molecule has 7 heteroatoms. The summed E-state index contributed by atoms with van der Waals surface area (Å²) in [4.78, 5) is 37.2. The average molecular weight is 417 g/mol. The van der Waals surface area contributed by atoms with E-state index >= 15 is 0 Å². The van der Waals surface area contributed by atoms with E-state index in [1.54, 1.807) is 22.8 Å². The number of carbonyl (C=O) groups excluding carboxylic acids is 2. The van der Waals surface area contributed by atoms with Crippen molar-refractivity contribution in [3.63, 3.8) is 0 Å². The van der Waals surface area contributed by atoms with E-state index in [9.17, 15) is 9.59 Å². The summed E-state index contributed by atoms with van der Waals surface area (Å²) in [6.45, 7) is 6.49. The van der Waals surface area contributed by atoms with Crippen molar-refractivity contribution >= 4 is 29.9 Å². The number of carbonyl (C=O) groups is 3. The van der Waals surface area contributed by atoms with Gasteiger partial charge in [0, 0.05) is 18.1 Å². The van der Waals surface area contributed by atoms with Crippen LogP contribution in [-0.2, 0) is 27.5 Å². The maximum Gasteiger partial charge on any atom is 0.290 e. The molecular formula is C22H25ClN2O4. The number of carboxylic acid groups (broad SMARTS) is 1. The van der Waals surface area contributed by atoms with Crippen LogP contribution in [-0.4, -0.2) is 45.8 Å². The lowest BCUT2D eigenvalue weighted by Crippen LogP contribution is -2.58. The highest BCUT2D eigenvalue weighted by Crippen LogP contribution is 2.23. The number of benzene rings is 2. The zero-order valence-electron chi connectivity index (χ0n) is 16.8. The minimum Gasteiger partial charge on any atom is -0.483 e. The van der Waals surface area contributed by atoms with Crippen molar-refractivity contribution in [3.8, 4) is 0 Å². The Kier molecular flexibility index (Phi) is 7.79. The predicted molar refractivity (Wildman–Crippen MR) is 111 cm³/mol. The van der Waals surface area contributed by atoms with E-state index in [1.807, 2.05) is 32.0 Å². The smallest absolute Gasteiger partial charge is 0.290 e. The molecular weight excluding hydrogens is 392 g/mol. The Morgan fingerprint density at radius 2 is 1.76 bits per heavy atom. The van der Waals surface area contributed by atoms with Gasteiger partial charge < -0.3 is 14.9 Å². The van der Waals surface area contributed by atoms with E-state index in [4.69, 9.17) is 21.5 Å². The molecule has 1 atom stereocenters. The van der Waals surface area contributed by atoms with Crippen molar-refractivity contribution in [2.24, 2.45) is 0 Å². The third kappa shape index (κ3) is 5.57. The van der Waals surface area contributed by atoms with Crippen LogP contribution >= 0.6 is 11.6 Å². The van der Waals surface area contributed by atoms with Gasteiger partial charge in [-0.1, -0.05) is 53.6 Å². The van der Waals surface area contributed by atoms with E-state index in [2.05, 4.69) is 18.2 Å². The average Bonchev–Trinajstić information content (AvgIpc) is 2.68. The molecule has 154 valence electrons. The zero-order chi connectivity index (χ0) is 21.6. The molecule has 0 radical (unpaired) electrons. The molecule has 3 rings (SSSR count). The highest BCUT2D eigenvalue weighted by Gasteiger charge is 2.36. The third-order valence-electron chi connectivity index (χ3n) is 4.95. The molecule has 1 saturated heterocycles. The van der Waals surface area contributed by atoms with Crippen LogP contribution < -0.4 is 0 Å². The molecule has 6 nitrogen and oxygen atoms in total. The zero-order valence-corrected chi connectivity index (χ0v) is 17.5. The minimum atomic E-state index is -0.487. The number of piperazine rings is 1. The van der Waals surface area contributed by atoms with E-state index < -0.39 is 6.04 Å². The Morgan fingerprint density at radius 1 is 1.10 bits per heavy atom. The van der Waals surface area contributed by atoms with E-state index in [-0.39, 0.29) is 24.8 Å². The van der Waals surface area contributed by atoms with Crippen LogP contribution in [0.4, 0.5) is 0 Å². The van der Waals surface area contributed by atoms with Gasteiger partial charge in [-0.15, -0.1) is 0 Å². The van der Waals surface area contributed by atoms with Gasteiger partial charge in [0.1, 0.15) is 12.6 Å². The number of amides is 2. The Bertz CT molecular complexity index is 900. The summed E-state index contributed by atoms with van der Waals surface area (Å²) in [5, 5.41) is 7.50. The second kappa shape index (κ2) is 10.1. The van der Waals surface area contributed by atoms with Crippen LogP contribution in [0.15, 0.2) is 42.5 Å². The van der Waals surface area contributed by atoms with Gasteiger partial charge >= 0.3 is 0 Å².